The molecule has 10 rings (SSSR count). The van der Waals surface area contributed by atoms with Gasteiger partial charge in [0.25, 0.3) is 0 Å². The van der Waals surface area contributed by atoms with Crippen molar-refractivity contribution in [1.82, 2.24) is 15.0 Å². The summed E-state index contributed by atoms with van der Waals surface area (Å²) >= 11 is 0. The minimum atomic E-state index is 0.627. The van der Waals surface area contributed by atoms with E-state index in [0.717, 1.165) is 66.3 Å². The van der Waals surface area contributed by atoms with Crippen LogP contribution in [0.3, 0.4) is 0 Å². The second-order valence-corrected chi connectivity index (χ2v) is 12.8. The summed E-state index contributed by atoms with van der Waals surface area (Å²) in [6, 6.07) is 61.2. The van der Waals surface area contributed by atoms with Crippen LogP contribution in [0.2, 0.25) is 0 Å². The molecule has 2 aromatic heterocycles. The third-order valence-electron chi connectivity index (χ3n) is 9.70. The Morgan fingerprint density at radius 3 is 1.45 bits per heavy atom. The number of hydrogen-bond acceptors (Lipinski definition) is 4. The summed E-state index contributed by atoms with van der Waals surface area (Å²) in [5.74, 6) is 1.91. The smallest absolute Gasteiger partial charge is 0.164 e. The second-order valence-electron chi connectivity index (χ2n) is 12.8. The van der Waals surface area contributed by atoms with Crippen LogP contribution < -0.4 is 0 Å². The summed E-state index contributed by atoms with van der Waals surface area (Å²) in [4.78, 5) is 14.8. The number of furan rings is 1. The molecule has 2 heterocycles. The van der Waals surface area contributed by atoms with E-state index in [2.05, 4.69) is 115 Å². The lowest BCUT2D eigenvalue weighted by molar-refractivity contribution is 0.669. The molecule has 4 nitrogen and oxygen atoms in total. The van der Waals surface area contributed by atoms with Gasteiger partial charge in [0.2, 0.25) is 0 Å². The maximum absolute atomic E-state index is 6.56. The van der Waals surface area contributed by atoms with Gasteiger partial charge in [-0.25, -0.2) is 15.0 Å². The molecule has 0 spiro atoms. The maximum Gasteiger partial charge on any atom is 0.164 e. The highest BCUT2D eigenvalue weighted by atomic mass is 16.3. The first kappa shape index (κ1) is 29.0. The van der Waals surface area contributed by atoms with Crippen LogP contribution in [0.4, 0.5) is 0 Å². The Balaban J connectivity index is 1.18. The van der Waals surface area contributed by atoms with Crippen molar-refractivity contribution in [1.29, 1.82) is 0 Å². The van der Waals surface area contributed by atoms with Gasteiger partial charge in [0.1, 0.15) is 11.2 Å². The van der Waals surface area contributed by atoms with Crippen LogP contribution in [-0.2, 0) is 0 Å². The predicted octanol–water partition coefficient (Wildman–Crippen LogP) is 12.4. The first-order valence-electron chi connectivity index (χ1n) is 17.1. The minimum absolute atomic E-state index is 0.627. The van der Waals surface area contributed by atoms with Gasteiger partial charge in [-0.15, -0.1) is 0 Å². The van der Waals surface area contributed by atoms with E-state index >= 15 is 0 Å². The van der Waals surface area contributed by atoms with E-state index in [1.807, 2.05) is 60.7 Å². The average Bonchev–Trinajstić information content (AvgIpc) is 3.57. The van der Waals surface area contributed by atoms with E-state index < -0.39 is 0 Å². The molecule has 8 aromatic carbocycles. The summed E-state index contributed by atoms with van der Waals surface area (Å²) in [7, 11) is 0. The van der Waals surface area contributed by atoms with Crippen molar-refractivity contribution in [3.05, 3.63) is 176 Å². The average molecular weight is 652 g/mol. The zero-order valence-corrected chi connectivity index (χ0v) is 27.5. The Kier molecular flexibility index (Phi) is 6.78. The van der Waals surface area contributed by atoms with Crippen molar-refractivity contribution in [3.63, 3.8) is 0 Å². The van der Waals surface area contributed by atoms with Gasteiger partial charge in [-0.2, -0.15) is 0 Å². The zero-order valence-electron chi connectivity index (χ0n) is 27.5. The van der Waals surface area contributed by atoms with E-state index in [0.29, 0.717) is 17.5 Å². The number of nitrogens with zero attached hydrogens (tertiary/aromatic N) is 3. The summed E-state index contributed by atoms with van der Waals surface area (Å²) in [5, 5.41) is 6.97. The molecule has 0 aliphatic carbocycles. The van der Waals surface area contributed by atoms with Crippen molar-refractivity contribution < 1.29 is 4.42 Å². The van der Waals surface area contributed by atoms with E-state index in [-0.39, 0.29) is 0 Å². The number of benzene rings is 8. The lowest BCUT2D eigenvalue weighted by atomic mass is 9.89. The molecule has 238 valence electrons. The SMILES string of the molecule is c1ccc(-c2nc(-c3ccccc3)nc(-c3ccc(-c4c(-c5ccc6ccccc6c5)ccc5oc6cc7ccccc7cc6c45)cc3)n2)cc1. The van der Waals surface area contributed by atoms with Crippen LogP contribution in [0.1, 0.15) is 0 Å². The van der Waals surface area contributed by atoms with Gasteiger partial charge in [0.05, 0.1) is 0 Å². The maximum atomic E-state index is 6.56. The lowest BCUT2D eigenvalue weighted by Crippen LogP contribution is -2.00. The fourth-order valence-electron chi connectivity index (χ4n) is 7.17. The van der Waals surface area contributed by atoms with E-state index in [4.69, 9.17) is 19.4 Å². The van der Waals surface area contributed by atoms with Gasteiger partial charge in [-0.3, -0.25) is 0 Å². The van der Waals surface area contributed by atoms with Crippen molar-refractivity contribution in [3.8, 4) is 56.4 Å². The molecule has 0 saturated heterocycles. The van der Waals surface area contributed by atoms with Crippen molar-refractivity contribution in [2.24, 2.45) is 0 Å². The molecule has 0 atom stereocenters. The van der Waals surface area contributed by atoms with E-state index in [1.165, 1.54) is 16.2 Å². The highest BCUT2D eigenvalue weighted by molar-refractivity contribution is 6.18. The van der Waals surface area contributed by atoms with Gasteiger partial charge in [-0.05, 0) is 62.5 Å². The molecule has 51 heavy (non-hydrogen) atoms. The second kappa shape index (κ2) is 11.9. The first-order valence-corrected chi connectivity index (χ1v) is 17.1. The van der Waals surface area contributed by atoms with Gasteiger partial charge >= 0.3 is 0 Å². The summed E-state index contributed by atoms with van der Waals surface area (Å²) in [6.45, 7) is 0. The van der Waals surface area contributed by atoms with Gasteiger partial charge in [0, 0.05) is 33.0 Å². The molecule has 0 unspecified atom stereocenters. The fourth-order valence-corrected chi connectivity index (χ4v) is 7.17. The molecule has 0 amide bonds. The number of hydrogen-bond donors (Lipinski definition) is 0. The summed E-state index contributed by atoms with van der Waals surface area (Å²) in [6.07, 6.45) is 0. The Bertz CT molecular complexity index is 2840. The van der Waals surface area contributed by atoms with Crippen molar-refractivity contribution in [2.75, 3.05) is 0 Å². The molecule has 0 aliphatic heterocycles. The molecule has 10 aromatic rings. The molecule has 0 N–H and O–H groups in total. The minimum Gasteiger partial charge on any atom is -0.456 e. The van der Waals surface area contributed by atoms with Crippen LogP contribution in [0.5, 0.6) is 0 Å². The first-order chi connectivity index (χ1) is 25.2. The van der Waals surface area contributed by atoms with Gasteiger partial charge < -0.3 is 4.42 Å². The van der Waals surface area contributed by atoms with Gasteiger partial charge in [0.15, 0.2) is 17.5 Å². The molecule has 0 saturated carbocycles. The highest BCUT2D eigenvalue weighted by Crippen LogP contribution is 2.44. The van der Waals surface area contributed by atoms with Crippen molar-refractivity contribution >= 4 is 43.5 Å². The fraction of sp³-hybridized carbons (Fsp3) is 0. The van der Waals surface area contributed by atoms with Crippen LogP contribution in [0.25, 0.3) is 99.9 Å². The quantitative estimate of drug-likeness (QED) is 0.186. The zero-order chi connectivity index (χ0) is 33.7. The Morgan fingerprint density at radius 2 is 0.824 bits per heavy atom. The number of rotatable bonds is 5. The highest BCUT2D eigenvalue weighted by Gasteiger charge is 2.19. The van der Waals surface area contributed by atoms with Crippen LogP contribution in [-0.4, -0.2) is 15.0 Å². The molecule has 0 aliphatic rings. The van der Waals surface area contributed by atoms with Crippen LogP contribution >= 0.6 is 0 Å². The monoisotopic (exact) mass is 651 g/mol. The number of aromatic nitrogens is 3. The van der Waals surface area contributed by atoms with Gasteiger partial charge in [-0.1, -0.05) is 152 Å². The van der Waals surface area contributed by atoms with Crippen molar-refractivity contribution in [2.45, 2.75) is 0 Å². The largest absolute Gasteiger partial charge is 0.456 e. The molecule has 0 bridgehead atoms. The summed E-state index contributed by atoms with van der Waals surface area (Å²) in [5.41, 5.74) is 9.07. The molecular formula is C47H29N3O. The third kappa shape index (κ3) is 5.13. The lowest BCUT2D eigenvalue weighted by Gasteiger charge is -2.14. The molecule has 0 radical (unpaired) electrons. The van der Waals surface area contributed by atoms with E-state index in [1.54, 1.807) is 0 Å². The molecular weight excluding hydrogens is 623 g/mol. The molecule has 4 heteroatoms. The van der Waals surface area contributed by atoms with Crippen LogP contribution in [0, 0.1) is 0 Å². The topological polar surface area (TPSA) is 51.8 Å². The number of fused-ring (bicyclic) bond motifs is 5. The Labute approximate surface area is 294 Å². The molecule has 0 fully saturated rings. The summed E-state index contributed by atoms with van der Waals surface area (Å²) < 4.78 is 6.56. The normalized spacial score (nSPS) is 11.5. The standard InChI is InChI=1S/C47H29N3O/c1-3-12-32(13-4-1)45-48-46(33-14-5-2-6-15-33)50-47(49-45)34-22-20-31(21-23-34)43-39(38-24-19-30-11-7-8-16-35(30)27-38)25-26-41-44(43)40-28-36-17-9-10-18-37(36)29-42(40)51-41/h1-29H. The van der Waals surface area contributed by atoms with Crippen LogP contribution in [0.15, 0.2) is 180 Å². The third-order valence-corrected chi connectivity index (χ3v) is 9.70. The van der Waals surface area contributed by atoms with E-state index in [9.17, 15) is 0 Å². The Morgan fingerprint density at radius 1 is 0.333 bits per heavy atom. The Hall–Kier alpha value is -6.91. The predicted molar refractivity (Wildman–Crippen MR) is 209 cm³/mol.